The van der Waals surface area contributed by atoms with Crippen LogP contribution in [0.1, 0.15) is 0 Å². The Morgan fingerprint density at radius 1 is 1.47 bits per heavy atom. The molecule has 0 fully saturated rings. The highest BCUT2D eigenvalue weighted by molar-refractivity contribution is 7.71. The molecule has 1 N–H and O–H groups in total. The van der Waals surface area contributed by atoms with E-state index in [9.17, 15) is 10.1 Å². The quantitative estimate of drug-likeness (QED) is 0.477. The van der Waals surface area contributed by atoms with Gasteiger partial charge in [-0.1, -0.05) is 12.1 Å². The van der Waals surface area contributed by atoms with Crippen LogP contribution in [0.15, 0.2) is 30.6 Å². The van der Waals surface area contributed by atoms with E-state index in [-0.39, 0.29) is 5.69 Å². The van der Waals surface area contributed by atoms with Gasteiger partial charge >= 0.3 is 0 Å². The molecule has 0 radical (unpaired) electrons. The maximum Gasteiger partial charge on any atom is 0.293 e. The second-order valence-corrected chi connectivity index (χ2v) is 3.16. The lowest BCUT2D eigenvalue weighted by Crippen LogP contribution is -1.98. The van der Waals surface area contributed by atoms with Gasteiger partial charge in [-0.2, -0.15) is 5.10 Å². The number of H-pyrrole nitrogens is 1. The largest absolute Gasteiger partial charge is 0.293 e. The van der Waals surface area contributed by atoms with E-state index in [1.807, 2.05) is 0 Å². The number of nitrogens with one attached hydrogen (secondary N) is 1. The summed E-state index contributed by atoms with van der Waals surface area (Å²) in [6, 6.07) is 6.34. The summed E-state index contributed by atoms with van der Waals surface area (Å²) in [5.41, 5.74) is 0.399. The molecule has 2 aromatic rings. The Balaban J connectivity index is 2.68. The Hall–Kier alpha value is -2.02. The van der Waals surface area contributed by atoms with Crippen molar-refractivity contribution in [2.75, 3.05) is 0 Å². The van der Waals surface area contributed by atoms with Crippen LogP contribution in [-0.4, -0.2) is 19.7 Å². The van der Waals surface area contributed by atoms with Crippen molar-refractivity contribution in [1.82, 2.24) is 14.8 Å². The van der Waals surface area contributed by atoms with Gasteiger partial charge in [0.2, 0.25) is 0 Å². The van der Waals surface area contributed by atoms with E-state index >= 15 is 0 Å². The van der Waals surface area contributed by atoms with Crippen molar-refractivity contribution in [3.63, 3.8) is 0 Å². The average molecular weight is 222 g/mol. The molecule has 0 aliphatic carbocycles. The molecule has 0 amide bonds. The van der Waals surface area contributed by atoms with E-state index in [0.29, 0.717) is 10.5 Å². The SMILES string of the molecule is O=[N+]([O-])c1ccccc1-n1cn[nH]c1=S. The molecular formula is C8H6N4O2S. The zero-order chi connectivity index (χ0) is 10.8. The minimum atomic E-state index is -0.454. The summed E-state index contributed by atoms with van der Waals surface area (Å²) in [6.45, 7) is 0. The number of aromatic nitrogens is 3. The number of para-hydroxylation sites is 2. The Kier molecular flexibility index (Phi) is 2.30. The van der Waals surface area contributed by atoms with Gasteiger partial charge in [0.25, 0.3) is 5.69 Å². The molecule has 1 aromatic heterocycles. The van der Waals surface area contributed by atoms with Crippen molar-refractivity contribution in [2.45, 2.75) is 0 Å². The molecule has 6 nitrogen and oxygen atoms in total. The van der Waals surface area contributed by atoms with Crippen LogP contribution >= 0.6 is 12.2 Å². The molecule has 0 bridgehead atoms. The van der Waals surface area contributed by atoms with Gasteiger partial charge < -0.3 is 0 Å². The molecule has 7 heteroatoms. The summed E-state index contributed by atoms with van der Waals surface area (Å²) in [5, 5.41) is 17.0. The summed E-state index contributed by atoms with van der Waals surface area (Å²) in [6.07, 6.45) is 1.41. The van der Waals surface area contributed by atoms with Crippen molar-refractivity contribution >= 4 is 17.9 Å². The van der Waals surface area contributed by atoms with Crippen molar-refractivity contribution in [1.29, 1.82) is 0 Å². The molecule has 76 valence electrons. The molecule has 0 unspecified atom stereocenters. The Morgan fingerprint density at radius 2 is 2.20 bits per heavy atom. The number of nitrogens with zero attached hydrogens (tertiary/aromatic N) is 3. The van der Waals surface area contributed by atoms with E-state index in [4.69, 9.17) is 12.2 Å². The van der Waals surface area contributed by atoms with Crippen molar-refractivity contribution in [3.8, 4) is 5.69 Å². The smallest absolute Gasteiger partial charge is 0.268 e. The molecule has 0 spiro atoms. The predicted molar refractivity (Wildman–Crippen MR) is 55.4 cm³/mol. The van der Waals surface area contributed by atoms with Crippen LogP contribution in [0.2, 0.25) is 0 Å². The van der Waals surface area contributed by atoms with E-state index in [2.05, 4.69) is 10.2 Å². The fourth-order valence-electron chi connectivity index (χ4n) is 1.24. The van der Waals surface area contributed by atoms with Gasteiger partial charge in [0.15, 0.2) is 4.77 Å². The van der Waals surface area contributed by atoms with Gasteiger partial charge in [0.05, 0.1) is 4.92 Å². The van der Waals surface area contributed by atoms with Gasteiger partial charge in [-0.25, -0.2) is 0 Å². The maximum absolute atomic E-state index is 10.8. The molecule has 1 heterocycles. The molecule has 15 heavy (non-hydrogen) atoms. The second kappa shape index (κ2) is 3.62. The molecular weight excluding hydrogens is 216 g/mol. The fraction of sp³-hybridized carbons (Fsp3) is 0. The standard InChI is InChI=1S/C8H6N4O2S/c13-12(14)7-4-2-1-3-6(7)11-5-9-10-8(11)15/h1-5H,(H,10,15). The molecule has 0 saturated carbocycles. The van der Waals surface area contributed by atoms with Gasteiger partial charge in [-0.05, 0) is 18.3 Å². The van der Waals surface area contributed by atoms with Gasteiger partial charge in [-0.15, -0.1) is 0 Å². The summed E-state index contributed by atoms with van der Waals surface area (Å²) >= 11 is 4.94. The molecule has 0 aliphatic rings. The molecule has 1 aromatic carbocycles. The number of nitro groups is 1. The Morgan fingerprint density at radius 3 is 2.80 bits per heavy atom. The summed E-state index contributed by atoms with van der Waals surface area (Å²) in [7, 11) is 0. The number of benzene rings is 1. The zero-order valence-electron chi connectivity index (χ0n) is 7.45. The lowest BCUT2D eigenvalue weighted by atomic mass is 10.3. The number of aromatic amines is 1. The normalized spacial score (nSPS) is 10.1. The summed E-state index contributed by atoms with van der Waals surface area (Å²) in [4.78, 5) is 10.3. The number of hydrogen-bond donors (Lipinski definition) is 1. The van der Waals surface area contributed by atoms with E-state index in [0.717, 1.165) is 0 Å². The topological polar surface area (TPSA) is 76.8 Å². The molecule has 0 aliphatic heterocycles. The van der Waals surface area contributed by atoms with Crippen LogP contribution in [0.25, 0.3) is 5.69 Å². The number of hydrogen-bond acceptors (Lipinski definition) is 4. The van der Waals surface area contributed by atoms with Gasteiger partial charge in [0.1, 0.15) is 12.0 Å². The lowest BCUT2D eigenvalue weighted by molar-refractivity contribution is -0.384. The molecule has 2 rings (SSSR count). The molecule has 0 atom stereocenters. The first-order valence-corrected chi connectivity index (χ1v) is 4.47. The molecule has 0 saturated heterocycles. The fourth-order valence-corrected chi connectivity index (χ4v) is 1.44. The van der Waals surface area contributed by atoms with Gasteiger partial charge in [-0.3, -0.25) is 19.8 Å². The second-order valence-electron chi connectivity index (χ2n) is 2.78. The van der Waals surface area contributed by atoms with E-state index in [1.54, 1.807) is 18.2 Å². The number of rotatable bonds is 2. The first-order valence-electron chi connectivity index (χ1n) is 4.06. The van der Waals surface area contributed by atoms with Crippen molar-refractivity contribution in [3.05, 3.63) is 45.5 Å². The maximum atomic E-state index is 10.8. The predicted octanol–water partition coefficient (Wildman–Crippen LogP) is 1.84. The van der Waals surface area contributed by atoms with Crippen LogP contribution in [0.3, 0.4) is 0 Å². The third-order valence-corrected chi connectivity index (χ3v) is 2.18. The monoisotopic (exact) mass is 222 g/mol. The van der Waals surface area contributed by atoms with Gasteiger partial charge in [0, 0.05) is 6.07 Å². The van der Waals surface area contributed by atoms with Crippen LogP contribution in [-0.2, 0) is 0 Å². The zero-order valence-corrected chi connectivity index (χ0v) is 8.27. The highest BCUT2D eigenvalue weighted by Gasteiger charge is 2.14. The third-order valence-electron chi connectivity index (χ3n) is 1.89. The highest BCUT2D eigenvalue weighted by atomic mass is 32.1. The first-order chi connectivity index (χ1) is 7.20. The van der Waals surface area contributed by atoms with Crippen LogP contribution in [0.5, 0.6) is 0 Å². The Labute approximate surface area is 89.3 Å². The minimum Gasteiger partial charge on any atom is -0.268 e. The Bertz CT molecular complexity index is 560. The van der Waals surface area contributed by atoms with E-state index in [1.165, 1.54) is 17.0 Å². The summed E-state index contributed by atoms with van der Waals surface area (Å²) in [5.74, 6) is 0. The van der Waals surface area contributed by atoms with Crippen molar-refractivity contribution in [2.24, 2.45) is 0 Å². The van der Waals surface area contributed by atoms with Crippen LogP contribution in [0, 0.1) is 14.9 Å². The third kappa shape index (κ3) is 1.64. The van der Waals surface area contributed by atoms with Crippen molar-refractivity contribution < 1.29 is 4.92 Å². The minimum absolute atomic E-state index is 0.00463. The van der Waals surface area contributed by atoms with Crippen LogP contribution in [0.4, 0.5) is 5.69 Å². The lowest BCUT2D eigenvalue weighted by Gasteiger charge is -2.01. The highest BCUT2D eigenvalue weighted by Crippen LogP contribution is 2.21. The summed E-state index contributed by atoms with van der Waals surface area (Å²) < 4.78 is 1.78. The van der Waals surface area contributed by atoms with Crippen LogP contribution < -0.4 is 0 Å². The average Bonchev–Trinajstić information content (AvgIpc) is 2.64. The van der Waals surface area contributed by atoms with E-state index < -0.39 is 4.92 Å². The number of nitro benzene ring substituents is 1. The first kappa shape index (κ1) is 9.53.